The number of halogens is 1. The van der Waals surface area contributed by atoms with Gasteiger partial charge in [-0.25, -0.2) is 0 Å². The van der Waals surface area contributed by atoms with Gasteiger partial charge in [0.2, 0.25) is 17.7 Å². The molecule has 18 heteroatoms. The number of amides is 5. The number of ether oxygens (including phenoxy) is 1. The Balaban J connectivity index is 0.807. The summed E-state index contributed by atoms with van der Waals surface area (Å²) in [7, 11) is 0. The van der Waals surface area contributed by atoms with Crippen LogP contribution in [0.1, 0.15) is 170 Å². The van der Waals surface area contributed by atoms with E-state index in [2.05, 4.69) is 77.9 Å². The Morgan fingerprint density at radius 1 is 0.878 bits per heavy atom. The van der Waals surface area contributed by atoms with E-state index < -0.39 is 6.04 Å². The van der Waals surface area contributed by atoms with Crippen molar-refractivity contribution in [1.29, 1.82) is 0 Å². The molecule has 2 atom stereocenters. The maximum Gasteiger partial charge on any atom is 0.257 e. The van der Waals surface area contributed by atoms with Crippen LogP contribution in [0, 0.1) is 26.7 Å². The fraction of sp³-hybridized carbons (Fsp3) is 0.464. The number of carbonyl (C=O) groups is 5. The average molecular weight is 1040 g/mol. The predicted octanol–water partition coefficient (Wildman–Crippen LogP) is 10.9. The number of fused-ring (bicyclic) bond motifs is 4. The molecule has 0 saturated carbocycles. The number of azo groups is 1. The van der Waals surface area contributed by atoms with E-state index in [1.54, 1.807) is 11.3 Å². The number of nitrogens with zero attached hydrogens (tertiary/aromatic N) is 7. The van der Waals surface area contributed by atoms with E-state index in [1.165, 1.54) is 4.88 Å². The highest BCUT2D eigenvalue weighted by Gasteiger charge is 2.33. The summed E-state index contributed by atoms with van der Waals surface area (Å²) in [5.41, 5.74) is 8.47. The monoisotopic (exact) mass is 1040 g/mol. The summed E-state index contributed by atoms with van der Waals surface area (Å²) in [4.78, 5) is 71.8. The number of imide groups is 1. The summed E-state index contributed by atoms with van der Waals surface area (Å²) in [5, 5.41) is 28.4. The molecule has 0 aliphatic carbocycles. The number of aromatic nitrogens is 3. The molecule has 3 aromatic carbocycles. The van der Waals surface area contributed by atoms with Gasteiger partial charge in [-0.1, -0.05) is 76.8 Å². The maximum absolute atomic E-state index is 13.5. The van der Waals surface area contributed by atoms with Gasteiger partial charge in [-0.3, -0.25) is 38.8 Å². The molecule has 8 rings (SSSR count). The summed E-state index contributed by atoms with van der Waals surface area (Å²) < 4.78 is 8.32. The van der Waals surface area contributed by atoms with Crippen molar-refractivity contribution in [3.05, 3.63) is 115 Å². The standard InChI is InChI=1S/C56H67ClN10O6S/c1-32(2)42-27-40(63-64-45-17-14-16-41-44(45)30-66(55(41)72)26-13-9-8-10-15-38-20-23-47(68)61-54(38)71)28-43(33(3)4)52(42)73-31-49(70)59-25-12-11-24-58-48(69)29-46-53-65-62-36(7)67(53)56-50(34(5)35(6)74-56)51(60-46)37-18-21-39(57)22-19-37/h14,16-19,21-22,27-28,32-33,38,46H,8-13,15,20,23-26,29-31H2,1-7H3,(H,58,69)(H,59,70)(H,61,68,71)/b64-63+/t38?,46-/m0/s1. The molecule has 1 fully saturated rings. The molecule has 74 heavy (non-hydrogen) atoms. The predicted molar refractivity (Wildman–Crippen MR) is 288 cm³/mol. The Kier molecular flexibility index (Phi) is 17.5. The zero-order chi connectivity index (χ0) is 52.6. The van der Waals surface area contributed by atoms with Crippen LogP contribution in [-0.4, -0.2) is 81.2 Å². The Hall–Kier alpha value is -6.59. The molecule has 3 N–H and O–H groups in total. The van der Waals surface area contributed by atoms with E-state index in [1.807, 2.05) is 71.0 Å². The molecule has 5 aromatic rings. The minimum Gasteiger partial charge on any atom is -0.483 e. The Labute approximate surface area is 442 Å². The minimum atomic E-state index is -0.566. The van der Waals surface area contributed by atoms with Gasteiger partial charge < -0.3 is 20.3 Å². The number of rotatable bonds is 22. The first-order chi connectivity index (χ1) is 35.6. The van der Waals surface area contributed by atoms with Gasteiger partial charge in [0.1, 0.15) is 22.6 Å². The molecule has 0 bridgehead atoms. The summed E-state index contributed by atoms with van der Waals surface area (Å²) in [6.45, 7) is 16.2. The van der Waals surface area contributed by atoms with E-state index in [-0.39, 0.29) is 60.3 Å². The normalized spacial score (nSPS) is 16.3. The number of hydrogen-bond donors (Lipinski definition) is 3. The number of aryl methyl sites for hydroxylation is 2. The van der Waals surface area contributed by atoms with Crippen LogP contribution >= 0.6 is 22.9 Å². The smallest absolute Gasteiger partial charge is 0.257 e. The molecule has 5 heterocycles. The number of thiophene rings is 1. The van der Waals surface area contributed by atoms with Crippen LogP contribution in [0.3, 0.4) is 0 Å². The van der Waals surface area contributed by atoms with Crippen molar-refractivity contribution in [2.45, 2.75) is 137 Å². The van der Waals surface area contributed by atoms with Gasteiger partial charge in [0, 0.05) is 70.7 Å². The first-order valence-corrected chi connectivity index (χ1v) is 27.1. The van der Waals surface area contributed by atoms with Crippen LogP contribution in [0.2, 0.25) is 5.02 Å². The fourth-order valence-electron chi connectivity index (χ4n) is 9.84. The number of hydrogen-bond acceptors (Lipinski definition) is 12. The van der Waals surface area contributed by atoms with Crippen molar-refractivity contribution < 1.29 is 28.7 Å². The third-order valence-corrected chi connectivity index (χ3v) is 15.5. The highest BCUT2D eigenvalue weighted by atomic mass is 35.5. The second kappa shape index (κ2) is 24.2. The van der Waals surface area contributed by atoms with Gasteiger partial charge in [-0.15, -0.1) is 21.5 Å². The fourth-order valence-corrected chi connectivity index (χ4v) is 11.2. The Bertz CT molecular complexity index is 2950. The van der Waals surface area contributed by atoms with Crippen LogP contribution in [0.15, 0.2) is 69.8 Å². The summed E-state index contributed by atoms with van der Waals surface area (Å²) in [6, 6.07) is 16.5. The van der Waals surface area contributed by atoms with Gasteiger partial charge in [0.15, 0.2) is 12.4 Å². The van der Waals surface area contributed by atoms with Gasteiger partial charge in [-0.05, 0) is 118 Å². The highest BCUT2D eigenvalue weighted by molar-refractivity contribution is 7.15. The topological polar surface area (TPSA) is 202 Å². The number of aliphatic imine (C=N–C) groups is 1. The van der Waals surface area contributed by atoms with Crippen LogP contribution < -0.4 is 20.7 Å². The molecule has 5 amide bonds. The summed E-state index contributed by atoms with van der Waals surface area (Å²) in [5.74, 6) is 1.30. The minimum absolute atomic E-state index is 0.00724. The Morgan fingerprint density at radius 2 is 1.58 bits per heavy atom. The molecule has 16 nitrogen and oxygen atoms in total. The van der Waals surface area contributed by atoms with Gasteiger partial charge >= 0.3 is 0 Å². The van der Waals surface area contributed by atoms with E-state index in [4.69, 9.17) is 21.3 Å². The highest BCUT2D eigenvalue weighted by Crippen LogP contribution is 2.41. The molecule has 0 radical (unpaired) electrons. The number of carbonyl (C=O) groups excluding carboxylic acids is 5. The maximum atomic E-state index is 13.5. The summed E-state index contributed by atoms with van der Waals surface area (Å²) >= 11 is 7.93. The van der Waals surface area contributed by atoms with Crippen molar-refractivity contribution in [1.82, 2.24) is 35.6 Å². The average Bonchev–Trinajstić information content (AvgIpc) is 3.98. The van der Waals surface area contributed by atoms with Crippen LogP contribution in [0.25, 0.3) is 5.00 Å². The lowest BCUT2D eigenvalue weighted by Crippen LogP contribution is -2.40. The summed E-state index contributed by atoms with van der Waals surface area (Å²) in [6.07, 6.45) is 6.88. The van der Waals surface area contributed by atoms with Gasteiger partial charge in [-0.2, -0.15) is 10.2 Å². The quantitative estimate of drug-likeness (QED) is 0.0345. The van der Waals surface area contributed by atoms with Gasteiger partial charge in [0.05, 0.1) is 23.5 Å². The van der Waals surface area contributed by atoms with Crippen LogP contribution in [-0.2, 0) is 25.7 Å². The molecule has 2 aromatic heterocycles. The lowest BCUT2D eigenvalue weighted by atomic mass is 9.92. The van der Waals surface area contributed by atoms with Crippen molar-refractivity contribution >= 4 is 69.6 Å². The Morgan fingerprint density at radius 3 is 2.28 bits per heavy atom. The molecule has 390 valence electrons. The zero-order valence-electron chi connectivity index (χ0n) is 43.5. The third-order valence-electron chi connectivity index (χ3n) is 14.1. The van der Waals surface area contributed by atoms with Crippen LogP contribution in [0.4, 0.5) is 11.4 Å². The van der Waals surface area contributed by atoms with E-state index in [9.17, 15) is 24.0 Å². The van der Waals surface area contributed by atoms with Crippen molar-refractivity contribution in [2.75, 3.05) is 26.2 Å². The number of piperidine rings is 1. The van der Waals surface area contributed by atoms with E-state index >= 15 is 0 Å². The molecule has 0 spiro atoms. The molecule has 1 unspecified atom stereocenters. The van der Waals surface area contributed by atoms with Crippen molar-refractivity contribution in [3.8, 4) is 10.8 Å². The van der Waals surface area contributed by atoms with Crippen molar-refractivity contribution in [3.63, 3.8) is 0 Å². The molecule has 3 aliphatic heterocycles. The molecular weight excluding hydrogens is 976 g/mol. The molecule has 3 aliphatic rings. The lowest BCUT2D eigenvalue weighted by Gasteiger charge is -2.20. The first kappa shape index (κ1) is 53.7. The largest absolute Gasteiger partial charge is 0.483 e. The van der Waals surface area contributed by atoms with Crippen LogP contribution in [0.5, 0.6) is 5.75 Å². The van der Waals surface area contributed by atoms with E-state index in [0.29, 0.717) is 85.4 Å². The lowest BCUT2D eigenvalue weighted by molar-refractivity contribution is -0.136. The molecular formula is C56H67ClN10O6S. The number of unbranched alkanes of at least 4 members (excludes halogenated alkanes) is 4. The SMILES string of the molecule is Cc1sc2c(c1C)C(c1ccc(Cl)cc1)=N[C@@H](CC(=O)NCCCCNC(=O)COc1c(C(C)C)cc(/N=N/c3cccc4c3CN(CCCCCCC3CCC(=O)NC3=O)C4=O)cc1C(C)C)c1nnc(C)n1-2. The van der Waals surface area contributed by atoms with Crippen molar-refractivity contribution in [2.24, 2.45) is 21.1 Å². The molecule has 1 saturated heterocycles. The second-order valence-corrected chi connectivity index (χ2v) is 21.8. The zero-order valence-corrected chi connectivity index (χ0v) is 45.1. The first-order valence-electron chi connectivity index (χ1n) is 25.9. The number of benzene rings is 3. The van der Waals surface area contributed by atoms with Gasteiger partial charge in [0.25, 0.3) is 11.8 Å². The van der Waals surface area contributed by atoms with E-state index in [0.717, 1.165) is 82.0 Å². The second-order valence-electron chi connectivity index (χ2n) is 20.1. The third kappa shape index (κ3) is 12.5. The number of nitrogens with one attached hydrogen (secondary N) is 3.